The summed E-state index contributed by atoms with van der Waals surface area (Å²) in [4.78, 5) is 23.3. The van der Waals surface area contributed by atoms with Crippen LogP contribution in [0.25, 0.3) is 0 Å². The maximum atomic E-state index is 11.4. The predicted molar refractivity (Wildman–Crippen MR) is 72.5 cm³/mol. The van der Waals surface area contributed by atoms with Crippen LogP contribution in [0.5, 0.6) is 0 Å². The van der Waals surface area contributed by atoms with E-state index in [-0.39, 0.29) is 23.5 Å². The number of likely N-dealkylation sites (N-methyl/N-ethyl adjacent to an activating group) is 1. The number of carboxylic acid groups (broad SMARTS) is 1. The molecule has 0 spiro atoms. The summed E-state index contributed by atoms with van der Waals surface area (Å²) < 4.78 is 0. The lowest BCUT2D eigenvalue weighted by Crippen LogP contribution is -2.50. The molecule has 0 amide bonds. The SMILES string of the molecule is CCN(c1cccc(C#N)c1[N+](=O)[O-])C(C)(C)C(=O)O. The van der Waals surface area contributed by atoms with Gasteiger partial charge >= 0.3 is 11.7 Å². The van der Waals surface area contributed by atoms with Crippen LogP contribution in [0, 0.1) is 21.4 Å². The van der Waals surface area contributed by atoms with E-state index < -0.39 is 16.4 Å². The van der Waals surface area contributed by atoms with Gasteiger partial charge in [0.15, 0.2) is 0 Å². The summed E-state index contributed by atoms with van der Waals surface area (Å²) in [7, 11) is 0. The highest BCUT2D eigenvalue weighted by Crippen LogP contribution is 2.35. The second-order valence-electron chi connectivity index (χ2n) is 4.65. The average molecular weight is 277 g/mol. The number of nitro benzene ring substituents is 1. The fraction of sp³-hybridized carbons (Fsp3) is 0.385. The van der Waals surface area contributed by atoms with Crippen LogP contribution in [0.2, 0.25) is 0 Å². The summed E-state index contributed by atoms with van der Waals surface area (Å²) >= 11 is 0. The number of aliphatic carboxylic acids is 1. The number of para-hydroxylation sites is 1. The number of carboxylic acids is 1. The molecule has 106 valence electrons. The lowest BCUT2D eigenvalue weighted by atomic mass is 10.0. The first-order valence-electron chi connectivity index (χ1n) is 5.95. The van der Waals surface area contributed by atoms with E-state index in [1.54, 1.807) is 13.0 Å². The highest BCUT2D eigenvalue weighted by Gasteiger charge is 2.37. The molecule has 0 fully saturated rings. The highest BCUT2D eigenvalue weighted by atomic mass is 16.6. The molecule has 0 unspecified atom stereocenters. The molecule has 0 saturated heterocycles. The molecule has 1 N–H and O–H groups in total. The number of anilines is 1. The standard InChI is InChI=1S/C13H15N3O4/c1-4-15(13(2,3)12(17)18)10-7-5-6-9(8-14)11(10)16(19)20/h5-7H,4H2,1-3H3,(H,17,18). The Morgan fingerprint density at radius 1 is 1.55 bits per heavy atom. The van der Waals surface area contributed by atoms with Crippen LogP contribution >= 0.6 is 0 Å². The molecule has 7 heteroatoms. The van der Waals surface area contributed by atoms with Crippen molar-refractivity contribution in [3.63, 3.8) is 0 Å². The number of nitro groups is 1. The maximum absolute atomic E-state index is 11.4. The zero-order valence-corrected chi connectivity index (χ0v) is 11.5. The van der Waals surface area contributed by atoms with Gasteiger partial charge < -0.3 is 10.0 Å². The Bertz CT molecular complexity index is 590. The molecule has 0 atom stereocenters. The van der Waals surface area contributed by atoms with Gasteiger partial charge in [0.25, 0.3) is 0 Å². The first kappa shape index (κ1) is 15.4. The summed E-state index contributed by atoms with van der Waals surface area (Å²) in [5.74, 6) is -1.10. The molecule has 0 saturated carbocycles. The van der Waals surface area contributed by atoms with Gasteiger partial charge in [-0.1, -0.05) is 6.07 Å². The van der Waals surface area contributed by atoms with Gasteiger partial charge in [0.2, 0.25) is 0 Å². The van der Waals surface area contributed by atoms with Crippen LogP contribution in [-0.4, -0.2) is 28.1 Å². The molecule has 0 aliphatic heterocycles. The number of benzene rings is 1. The summed E-state index contributed by atoms with van der Waals surface area (Å²) in [6.45, 7) is 4.88. The second-order valence-corrected chi connectivity index (χ2v) is 4.65. The van der Waals surface area contributed by atoms with Gasteiger partial charge in [0.1, 0.15) is 22.9 Å². The first-order chi connectivity index (χ1) is 9.27. The minimum atomic E-state index is -1.33. The third-order valence-corrected chi connectivity index (χ3v) is 3.12. The molecule has 1 aromatic rings. The number of carbonyl (C=O) groups is 1. The monoisotopic (exact) mass is 277 g/mol. The Labute approximate surface area is 116 Å². The van der Waals surface area contributed by atoms with Gasteiger partial charge in [-0.2, -0.15) is 5.26 Å². The fourth-order valence-corrected chi connectivity index (χ4v) is 2.01. The first-order valence-corrected chi connectivity index (χ1v) is 5.95. The number of nitriles is 1. The summed E-state index contributed by atoms with van der Waals surface area (Å²) in [5, 5.41) is 29.5. The number of hydrogen-bond donors (Lipinski definition) is 1. The van der Waals surface area contributed by atoms with Crippen molar-refractivity contribution in [3.05, 3.63) is 33.9 Å². The highest BCUT2D eigenvalue weighted by molar-refractivity contribution is 5.85. The molecule has 0 aromatic heterocycles. The van der Waals surface area contributed by atoms with Crippen LogP contribution in [0.3, 0.4) is 0 Å². The minimum absolute atomic E-state index is 0.0906. The van der Waals surface area contributed by atoms with Gasteiger partial charge in [-0.25, -0.2) is 4.79 Å². The van der Waals surface area contributed by atoms with Crippen LogP contribution in [0.4, 0.5) is 11.4 Å². The fourth-order valence-electron chi connectivity index (χ4n) is 2.01. The molecule has 1 rings (SSSR count). The molecule has 0 heterocycles. The molecule has 7 nitrogen and oxygen atoms in total. The van der Waals surface area contributed by atoms with E-state index in [1.165, 1.54) is 36.9 Å². The van der Waals surface area contributed by atoms with Crippen molar-refractivity contribution in [2.45, 2.75) is 26.3 Å². The van der Waals surface area contributed by atoms with Crippen LogP contribution in [-0.2, 0) is 4.79 Å². The van der Waals surface area contributed by atoms with Crippen molar-refractivity contribution in [2.75, 3.05) is 11.4 Å². The third-order valence-electron chi connectivity index (χ3n) is 3.12. The van der Waals surface area contributed by atoms with E-state index >= 15 is 0 Å². The third kappa shape index (κ3) is 2.54. The average Bonchev–Trinajstić information content (AvgIpc) is 2.38. The minimum Gasteiger partial charge on any atom is -0.480 e. The predicted octanol–water partition coefficient (Wildman–Crippen LogP) is 2.16. The van der Waals surface area contributed by atoms with Gasteiger partial charge in [-0.05, 0) is 32.9 Å². The van der Waals surface area contributed by atoms with E-state index in [2.05, 4.69) is 0 Å². The zero-order valence-electron chi connectivity index (χ0n) is 11.5. The Balaban J connectivity index is 3.56. The van der Waals surface area contributed by atoms with Crippen molar-refractivity contribution in [1.29, 1.82) is 5.26 Å². The molecule has 0 aliphatic rings. The number of nitrogens with zero attached hydrogens (tertiary/aromatic N) is 3. The van der Waals surface area contributed by atoms with Crippen LogP contribution in [0.1, 0.15) is 26.3 Å². The van der Waals surface area contributed by atoms with E-state index in [4.69, 9.17) is 5.26 Å². The van der Waals surface area contributed by atoms with Gasteiger partial charge in [0.05, 0.1) is 4.92 Å². The maximum Gasteiger partial charge on any atom is 0.328 e. The summed E-state index contributed by atoms with van der Waals surface area (Å²) in [6, 6.07) is 6.05. The Hall–Kier alpha value is -2.62. The summed E-state index contributed by atoms with van der Waals surface area (Å²) in [5.41, 5.74) is -1.66. The van der Waals surface area contributed by atoms with Crippen molar-refractivity contribution < 1.29 is 14.8 Å². The Morgan fingerprint density at radius 2 is 2.15 bits per heavy atom. The molecule has 0 bridgehead atoms. The van der Waals surface area contributed by atoms with Gasteiger partial charge in [-0.15, -0.1) is 0 Å². The normalized spacial score (nSPS) is 10.7. The van der Waals surface area contributed by atoms with Gasteiger partial charge in [-0.3, -0.25) is 10.1 Å². The number of hydrogen-bond acceptors (Lipinski definition) is 5. The van der Waals surface area contributed by atoms with E-state index in [0.29, 0.717) is 0 Å². The lowest BCUT2D eigenvalue weighted by molar-refractivity contribution is -0.384. The van der Waals surface area contributed by atoms with Crippen molar-refractivity contribution >= 4 is 17.3 Å². The van der Waals surface area contributed by atoms with E-state index in [1.807, 2.05) is 0 Å². The van der Waals surface area contributed by atoms with Gasteiger partial charge in [0, 0.05) is 6.54 Å². The topological polar surface area (TPSA) is 107 Å². The number of rotatable bonds is 5. The Kier molecular flexibility index (Phi) is 4.30. The largest absolute Gasteiger partial charge is 0.480 e. The quantitative estimate of drug-likeness (QED) is 0.652. The van der Waals surface area contributed by atoms with Crippen molar-refractivity contribution in [1.82, 2.24) is 0 Å². The van der Waals surface area contributed by atoms with Crippen LogP contribution in [0.15, 0.2) is 18.2 Å². The van der Waals surface area contributed by atoms with Crippen molar-refractivity contribution in [2.24, 2.45) is 0 Å². The van der Waals surface area contributed by atoms with Crippen LogP contribution < -0.4 is 4.90 Å². The zero-order chi connectivity index (χ0) is 15.5. The van der Waals surface area contributed by atoms with Crippen molar-refractivity contribution in [3.8, 4) is 6.07 Å². The lowest BCUT2D eigenvalue weighted by Gasteiger charge is -2.35. The molecule has 0 radical (unpaired) electrons. The molecule has 1 aromatic carbocycles. The Morgan fingerprint density at radius 3 is 2.55 bits per heavy atom. The van der Waals surface area contributed by atoms with E-state index in [0.717, 1.165) is 0 Å². The smallest absolute Gasteiger partial charge is 0.328 e. The summed E-state index contributed by atoms with van der Waals surface area (Å²) in [6.07, 6.45) is 0. The molecular formula is C13H15N3O4. The van der Waals surface area contributed by atoms with E-state index in [9.17, 15) is 20.0 Å². The molecule has 20 heavy (non-hydrogen) atoms. The molecule has 0 aliphatic carbocycles. The second kappa shape index (κ2) is 5.57. The molecular weight excluding hydrogens is 262 g/mol.